The Bertz CT molecular complexity index is 675. The van der Waals surface area contributed by atoms with Gasteiger partial charge in [-0.25, -0.2) is 0 Å². The number of methoxy groups -OCH3 is 3. The lowest BCUT2D eigenvalue weighted by atomic mass is 9.93. The lowest BCUT2D eigenvalue weighted by molar-refractivity contribution is -0.117. The molecule has 0 heterocycles. The molecule has 0 aliphatic heterocycles. The van der Waals surface area contributed by atoms with Crippen molar-refractivity contribution in [1.82, 2.24) is 0 Å². The third-order valence-electron chi connectivity index (χ3n) is 4.03. The summed E-state index contributed by atoms with van der Waals surface area (Å²) in [5.41, 5.74) is 1.62. The molecule has 2 aromatic rings. The van der Waals surface area contributed by atoms with Crippen molar-refractivity contribution in [2.24, 2.45) is 0 Å². The van der Waals surface area contributed by atoms with E-state index >= 15 is 0 Å². The predicted molar refractivity (Wildman–Crippen MR) is 98.8 cm³/mol. The van der Waals surface area contributed by atoms with Crippen LogP contribution < -0.4 is 19.5 Å². The second-order valence-electron chi connectivity index (χ2n) is 5.66. The Balaban J connectivity index is 2.29. The Kier molecular flexibility index (Phi) is 6.69. The van der Waals surface area contributed by atoms with E-state index in [2.05, 4.69) is 12.2 Å². The molecule has 5 nitrogen and oxygen atoms in total. The summed E-state index contributed by atoms with van der Waals surface area (Å²) in [7, 11) is 4.64. The molecule has 0 aliphatic carbocycles. The Morgan fingerprint density at radius 2 is 1.60 bits per heavy atom. The van der Waals surface area contributed by atoms with Gasteiger partial charge in [0.2, 0.25) is 11.7 Å². The van der Waals surface area contributed by atoms with Gasteiger partial charge < -0.3 is 19.5 Å². The van der Waals surface area contributed by atoms with E-state index in [1.807, 2.05) is 30.3 Å². The topological polar surface area (TPSA) is 56.8 Å². The monoisotopic (exact) mass is 343 g/mol. The zero-order valence-electron chi connectivity index (χ0n) is 15.2. The Labute approximate surface area is 148 Å². The number of rotatable bonds is 8. The molecule has 25 heavy (non-hydrogen) atoms. The summed E-state index contributed by atoms with van der Waals surface area (Å²) in [6.07, 6.45) is 1.70. The van der Waals surface area contributed by atoms with Crippen molar-refractivity contribution in [2.45, 2.75) is 25.7 Å². The highest BCUT2D eigenvalue weighted by Gasteiger charge is 2.21. The van der Waals surface area contributed by atoms with E-state index in [4.69, 9.17) is 14.2 Å². The summed E-state index contributed by atoms with van der Waals surface area (Å²) >= 11 is 0. The molecule has 2 aromatic carbocycles. The summed E-state index contributed by atoms with van der Waals surface area (Å²) in [5.74, 6) is 1.25. The van der Waals surface area contributed by atoms with Gasteiger partial charge in [0.15, 0.2) is 11.5 Å². The van der Waals surface area contributed by atoms with Crippen molar-refractivity contribution in [3.63, 3.8) is 0 Å². The number of hydrogen-bond donors (Lipinski definition) is 1. The van der Waals surface area contributed by atoms with Gasteiger partial charge in [0.1, 0.15) is 0 Å². The fraction of sp³-hybridized carbons (Fsp3) is 0.350. The highest BCUT2D eigenvalue weighted by molar-refractivity contribution is 5.96. The minimum absolute atomic E-state index is 0.0534. The maximum atomic E-state index is 12.8. The summed E-state index contributed by atoms with van der Waals surface area (Å²) in [6, 6.07) is 13.3. The smallest absolute Gasteiger partial charge is 0.231 e. The van der Waals surface area contributed by atoms with Gasteiger partial charge in [-0.3, -0.25) is 4.79 Å². The van der Waals surface area contributed by atoms with Crippen molar-refractivity contribution in [3.05, 3.63) is 48.0 Å². The highest BCUT2D eigenvalue weighted by atomic mass is 16.5. The van der Waals surface area contributed by atoms with Gasteiger partial charge in [0.25, 0.3) is 0 Å². The number of nitrogens with one attached hydrogen (secondary N) is 1. The van der Waals surface area contributed by atoms with Crippen LogP contribution in [0.15, 0.2) is 42.5 Å². The number of benzene rings is 2. The quantitative estimate of drug-likeness (QED) is 0.779. The van der Waals surface area contributed by atoms with Crippen LogP contribution in [0.5, 0.6) is 17.2 Å². The number of anilines is 1. The molecule has 1 N–H and O–H groups in total. The van der Waals surface area contributed by atoms with E-state index in [-0.39, 0.29) is 11.8 Å². The first-order valence-corrected chi connectivity index (χ1v) is 8.30. The first-order valence-electron chi connectivity index (χ1n) is 8.30. The summed E-state index contributed by atoms with van der Waals surface area (Å²) in [5, 5.41) is 2.97. The van der Waals surface area contributed by atoms with Gasteiger partial charge in [0.05, 0.1) is 27.2 Å². The zero-order valence-corrected chi connectivity index (χ0v) is 15.2. The SMILES string of the molecule is CCCC(C(=O)Nc1cc(OC)c(OC)c(OC)c1)c1ccccc1. The van der Waals surface area contributed by atoms with Crippen LogP contribution in [0.3, 0.4) is 0 Å². The summed E-state index contributed by atoms with van der Waals surface area (Å²) in [4.78, 5) is 12.8. The van der Waals surface area contributed by atoms with E-state index in [0.29, 0.717) is 22.9 Å². The molecule has 0 aliphatic rings. The molecule has 1 amide bonds. The maximum absolute atomic E-state index is 12.8. The van der Waals surface area contributed by atoms with Gasteiger partial charge in [-0.1, -0.05) is 43.7 Å². The van der Waals surface area contributed by atoms with Gasteiger partial charge in [-0.15, -0.1) is 0 Å². The van der Waals surface area contributed by atoms with Gasteiger partial charge in [0, 0.05) is 17.8 Å². The minimum Gasteiger partial charge on any atom is -0.493 e. The van der Waals surface area contributed by atoms with Crippen molar-refractivity contribution in [3.8, 4) is 17.2 Å². The van der Waals surface area contributed by atoms with Crippen molar-refractivity contribution in [1.29, 1.82) is 0 Å². The van der Waals surface area contributed by atoms with Crippen LogP contribution in [-0.4, -0.2) is 27.2 Å². The lowest BCUT2D eigenvalue weighted by Gasteiger charge is -2.18. The van der Waals surface area contributed by atoms with Crippen LogP contribution in [-0.2, 0) is 4.79 Å². The van der Waals surface area contributed by atoms with E-state index < -0.39 is 0 Å². The van der Waals surface area contributed by atoms with Gasteiger partial charge in [-0.2, -0.15) is 0 Å². The minimum atomic E-state index is -0.203. The Morgan fingerprint density at radius 1 is 1.00 bits per heavy atom. The average Bonchev–Trinajstić information content (AvgIpc) is 2.65. The molecule has 134 valence electrons. The normalized spacial score (nSPS) is 11.5. The number of amides is 1. The first kappa shape index (κ1) is 18.6. The van der Waals surface area contributed by atoms with Crippen molar-refractivity contribution in [2.75, 3.05) is 26.6 Å². The third kappa shape index (κ3) is 4.44. The molecule has 0 saturated heterocycles. The molecule has 0 bridgehead atoms. The number of hydrogen-bond acceptors (Lipinski definition) is 4. The molecule has 1 atom stereocenters. The summed E-state index contributed by atoms with van der Waals surface area (Å²) < 4.78 is 16.0. The van der Waals surface area contributed by atoms with Crippen molar-refractivity contribution >= 4 is 11.6 Å². The molecule has 0 aromatic heterocycles. The highest BCUT2D eigenvalue weighted by Crippen LogP contribution is 2.40. The maximum Gasteiger partial charge on any atom is 0.231 e. The fourth-order valence-corrected chi connectivity index (χ4v) is 2.81. The Morgan fingerprint density at radius 3 is 2.08 bits per heavy atom. The summed E-state index contributed by atoms with van der Waals surface area (Å²) in [6.45, 7) is 2.07. The molecule has 0 spiro atoms. The predicted octanol–water partition coefficient (Wildman–Crippen LogP) is 4.23. The first-order chi connectivity index (χ1) is 12.1. The van der Waals surface area contributed by atoms with Crippen LogP contribution in [0.4, 0.5) is 5.69 Å². The van der Waals surface area contributed by atoms with E-state index in [9.17, 15) is 4.79 Å². The van der Waals surface area contributed by atoms with Crippen LogP contribution in [0.1, 0.15) is 31.2 Å². The third-order valence-corrected chi connectivity index (χ3v) is 4.03. The van der Waals surface area contributed by atoms with Crippen LogP contribution >= 0.6 is 0 Å². The molecule has 0 fully saturated rings. The fourth-order valence-electron chi connectivity index (χ4n) is 2.81. The average molecular weight is 343 g/mol. The second kappa shape index (κ2) is 8.97. The number of carbonyl (C=O) groups is 1. The van der Waals surface area contributed by atoms with E-state index in [1.165, 1.54) is 0 Å². The van der Waals surface area contributed by atoms with Gasteiger partial charge in [-0.05, 0) is 12.0 Å². The number of ether oxygens (including phenoxy) is 3. The largest absolute Gasteiger partial charge is 0.493 e. The molecular formula is C20H25NO4. The van der Waals surface area contributed by atoms with E-state index in [1.54, 1.807) is 33.5 Å². The number of carbonyl (C=O) groups excluding carboxylic acids is 1. The van der Waals surface area contributed by atoms with E-state index in [0.717, 1.165) is 18.4 Å². The molecule has 0 radical (unpaired) electrons. The molecule has 2 rings (SSSR count). The lowest BCUT2D eigenvalue weighted by Crippen LogP contribution is -2.21. The van der Waals surface area contributed by atoms with Gasteiger partial charge >= 0.3 is 0 Å². The molecule has 0 saturated carbocycles. The van der Waals surface area contributed by atoms with Crippen LogP contribution in [0, 0.1) is 0 Å². The molecule has 1 unspecified atom stereocenters. The molecule has 5 heteroatoms. The van der Waals surface area contributed by atoms with Crippen LogP contribution in [0.2, 0.25) is 0 Å². The second-order valence-corrected chi connectivity index (χ2v) is 5.66. The standard InChI is InChI=1S/C20H25NO4/c1-5-9-16(14-10-7-6-8-11-14)20(22)21-15-12-17(23-2)19(25-4)18(13-15)24-3/h6-8,10-13,16H,5,9H2,1-4H3,(H,21,22). The van der Waals surface area contributed by atoms with Crippen molar-refractivity contribution < 1.29 is 19.0 Å². The zero-order chi connectivity index (χ0) is 18.2. The Hall–Kier alpha value is -2.69. The van der Waals surface area contributed by atoms with Crippen LogP contribution in [0.25, 0.3) is 0 Å². The molecular weight excluding hydrogens is 318 g/mol.